The number of β-amino-alcohol motifs (C(OH)–C–C–N with tert-alkyl or cyclic N) is 1. The Kier molecular flexibility index (Phi) is 4.43. The number of likely N-dealkylation sites (tertiary alicyclic amines) is 1. The lowest BCUT2D eigenvalue weighted by atomic mass is 10.2. The zero-order valence-electron chi connectivity index (χ0n) is 10.5. The number of carbonyl (C=O) groups is 2. The molecule has 0 bridgehead atoms. The number of carboxylic acids is 1. The van der Waals surface area contributed by atoms with Crippen molar-refractivity contribution in [3.63, 3.8) is 0 Å². The summed E-state index contributed by atoms with van der Waals surface area (Å²) in [5.74, 6) is -3.29. The first kappa shape index (κ1) is 15.6. The smallest absolute Gasteiger partial charge is 0.326 e. The summed E-state index contributed by atoms with van der Waals surface area (Å²) in [6.45, 7) is -0.220. The van der Waals surface area contributed by atoms with Gasteiger partial charge in [-0.05, 0) is 12.1 Å². The summed E-state index contributed by atoms with van der Waals surface area (Å²) in [5.41, 5.74) is -0.672. The minimum Gasteiger partial charge on any atom is -0.480 e. The number of urea groups is 1. The number of nitrogens with zero attached hydrogens (tertiary/aromatic N) is 1. The fraction of sp³-hybridized carbons (Fsp3) is 0.333. The van der Waals surface area contributed by atoms with Crippen LogP contribution in [-0.2, 0) is 4.79 Å². The van der Waals surface area contributed by atoms with Crippen molar-refractivity contribution in [3.8, 4) is 0 Å². The lowest BCUT2D eigenvalue weighted by Crippen LogP contribution is -2.43. The molecule has 1 aromatic carbocycles. The predicted molar refractivity (Wildman–Crippen MR) is 71.8 cm³/mol. The highest BCUT2D eigenvalue weighted by Gasteiger charge is 2.39. The molecule has 1 aliphatic rings. The van der Waals surface area contributed by atoms with E-state index in [9.17, 15) is 23.5 Å². The minimum absolute atomic E-state index is 0.131. The van der Waals surface area contributed by atoms with Gasteiger partial charge < -0.3 is 20.4 Å². The highest BCUT2D eigenvalue weighted by molar-refractivity contribution is 9.10. The van der Waals surface area contributed by atoms with E-state index in [1.165, 1.54) is 0 Å². The van der Waals surface area contributed by atoms with Crippen molar-refractivity contribution < 1.29 is 28.6 Å². The maximum absolute atomic E-state index is 13.6. The van der Waals surface area contributed by atoms with Gasteiger partial charge in [-0.3, -0.25) is 0 Å². The molecule has 3 N–H and O–H groups in total. The summed E-state index contributed by atoms with van der Waals surface area (Å²) >= 11 is 2.90. The number of hydrogen-bond acceptors (Lipinski definition) is 3. The standard InChI is InChI=1S/C12H11BrF2N2O4/c13-5-1-7(14)10(8(15)2-5)16-12(21)17-4-6(18)3-9(17)11(19)20/h1-2,6,9,18H,3-4H2,(H,16,21)(H,19,20)/t6-,9-/m0/s1. The number of anilines is 1. The highest BCUT2D eigenvalue weighted by atomic mass is 79.9. The molecule has 2 rings (SSSR count). The molecule has 1 heterocycles. The van der Waals surface area contributed by atoms with Crippen LogP contribution in [0.5, 0.6) is 0 Å². The Hall–Kier alpha value is -1.74. The van der Waals surface area contributed by atoms with Crippen LogP contribution in [0, 0.1) is 11.6 Å². The Morgan fingerprint density at radius 2 is 1.90 bits per heavy atom. The molecule has 6 nitrogen and oxygen atoms in total. The third-order valence-corrected chi connectivity index (χ3v) is 3.52. The molecular weight excluding hydrogens is 354 g/mol. The molecule has 114 valence electrons. The molecule has 1 aliphatic heterocycles. The maximum atomic E-state index is 13.6. The van der Waals surface area contributed by atoms with Gasteiger partial charge >= 0.3 is 12.0 Å². The molecule has 0 unspecified atom stereocenters. The molecule has 0 aliphatic carbocycles. The number of aliphatic carboxylic acids is 1. The van der Waals surface area contributed by atoms with Gasteiger partial charge in [0.15, 0.2) is 11.6 Å². The Morgan fingerprint density at radius 1 is 1.33 bits per heavy atom. The molecule has 0 saturated carbocycles. The SMILES string of the molecule is O=C(O)[C@@H]1C[C@H](O)CN1C(=O)Nc1c(F)cc(Br)cc1F. The van der Waals surface area contributed by atoms with Crippen LogP contribution in [0.2, 0.25) is 0 Å². The van der Waals surface area contributed by atoms with Crippen molar-refractivity contribution in [2.24, 2.45) is 0 Å². The van der Waals surface area contributed by atoms with Crippen molar-refractivity contribution in [1.29, 1.82) is 0 Å². The summed E-state index contributed by atoms with van der Waals surface area (Å²) in [4.78, 5) is 23.8. The molecule has 0 radical (unpaired) electrons. The van der Waals surface area contributed by atoms with E-state index in [1.807, 2.05) is 5.32 Å². The molecule has 2 amide bonds. The average Bonchev–Trinajstić information content (AvgIpc) is 2.76. The van der Waals surface area contributed by atoms with E-state index in [4.69, 9.17) is 5.11 Å². The predicted octanol–water partition coefficient (Wildman–Crippen LogP) is 1.78. The van der Waals surface area contributed by atoms with Gasteiger partial charge in [-0.15, -0.1) is 0 Å². The second kappa shape index (κ2) is 5.94. The van der Waals surface area contributed by atoms with Crippen molar-refractivity contribution in [1.82, 2.24) is 4.90 Å². The van der Waals surface area contributed by atoms with Gasteiger partial charge in [0.1, 0.15) is 11.7 Å². The molecule has 9 heteroatoms. The number of nitrogens with one attached hydrogen (secondary N) is 1. The number of aliphatic hydroxyl groups is 1. The van der Waals surface area contributed by atoms with Crippen LogP contribution < -0.4 is 5.32 Å². The normalized spacial score (nSPS) is 21.4. The summed E-state index contributed by atoms with van der Waals surface area (Å²) in [7, 11) is 0. The van der Waals surface area contributed by atoms with Gasteiger partial charge in [-0.2, -0.15) is 0 Å². The lowest BCUT2D eigenvalue weighted by Gasteiger charge is -2.21. The second-order valence-corrected chi connectivity index (χ2v) is 5.49. The first-order valence-electron chi connectivity index (χ1n) is 5.92. The molecule has 0 aromatic heterocycles. The van der Waals surface area contributed by atoms with E-state index in [2.05, 4.69) is 15.9 Å². The number of amides is 2. The number of rotatable bonds is 2. The highest BCUT2D eigenvalue weighted by Crippen LogP contribution is 2.25. The van der Waals surface area contributed by atoms with Crippen molar-refractivity contribution in [2.75, 3.05) is 11.9 Å². The maximum Gasteiger partial charge on any atom is 0.326 e. The van der Waals surface area contributed by atoms with Crippen LogP contribution in [0.3, 0.4) is 0 Å². The third-order valence-electron chi connectivity index (χ3n) is 3.06. The van der Waals surface area contributed by atoms with E-state index >= 15 is 0 Å². The van der Waals surface area contributed by atoms with E-state index in [0.717, 1.165) is 17.0 Å². The van der Waals surface area contributed by atoms with Crippen molar-refractivity contribution in [2.45, 2.75) is 18.6 Å². The lowest BCUT2D eigenvalue weighted by molar-refractivity contribution is -0.141. The Labute approximate surface area is 126 Å². The van der Waals surface area contributed by atoms with Crippen LogP contribution in [0.4, 0.5) is 19.3 Å². The minimum atomic E-state index is -1.29. The van der Waals surface area contributed by atoms with E-state index < -0.39 is 41.5 Å². The third kappa shape index (κ3) is 3.30. The first-order valence-corrected chi connectivity index (χ1v) is 6.72. The number of carbonyl (C=O) groups excluding carboxylic acids is 1. The van der Waals surface area contributed by atoms with E-state index in [1.54, 1.807) is 0 Å². The largest absolute Gasteiger partial charge is 0.480 e. The molecular formula is C12H11BrF2N2O4. The van der Waals surface area contributed by atoms with Crippen LogP contribution in [0.1, 0.15) is 6.42 Å². The Balaban J connectivity index is 2.20. The zero-order chi connectivity index (χ0) is 15.7. The molecule has 2 atom stereocenters. The number of aliphatic hydroxyl groups excluding tert-OH is 1. The van der Waals surface area contributed by atoms with Crippen LogP contribution in [-0.4, -0.2) is 45.8 Å². The van der Waals surface area contributed by atoms with Gasteiger partial charge in [-0.1, -0.05) is 15.9 Å². The van der Waals surface area contributed by atoms with Gasteiger partial charge in [0.05, 0.1) is 6.10 Å². The summed E-state index contributed by atoms with van der Waals surface area (Å²) in [6.07, 6.45) is -1.12. The second-order valence-electron chi connectivity index (χ2n) is 4.57. The summed E-state index contributed by atoms with van der Waals surface area (Å²) < 4.78 is 27.4. The first-order chi connectivity index (χ1) is 9.79. The number of benzene rings is 1. The Morgan fingerprint density at radius 3 is 2.43 bits per heavy atom. The van der Waals surface area contributed by atoms with Gasteiger partial charge in [0.2, 0.25) is 0 Å². The van der Waals surface area contributed by atoms with Crippen molar-refractivity contribution in [3.05, 3.63) is 28.2 Å². The fourth-order valence-electron chi connectivity index (χ4n) is 2.11. The molecule has 0 spiro atoms. The van der Waals surface area contributed by atoms with Crippen LogP contribution in [0.25, 0.3) is 0 Å². The van der Waals surface area contributed by atoms with Crippen molar-refractivity contribution >= 4 is 33.6 Å². The van der Waals surface area contributed by atoms with E-state index in [-0.39, 0.29) is 17.4 Å². The Bertz CT molecular complexity index is 576. The van der Waals surface area contributed by atoms with Gasteiger partial charge in [0, 0.05) is 17.4 Å². The zero-order valence-corrected chi connectivity index (χ0v) is 12.1. The van der Waals surface area contributed by atoms with Gasteiger partial charge in [0.25, 0.3) is 0 Å². The van der Waals surface area contributed by atoms with E-state index in [0.29, 0.717) is 0 Å². The van der Waals surface area contributed by atoms with Crippen LogP contribution in [0.15, 0.2) is 16.6 Å². The fourth-order valence-corrected chi connectivity index (χ4v) is 2.51. The molecule has 21 heavy (non-hydrogen) atoms. The quantitative estimate of drug-likeness (QED) is 0.746. The molecule has 1 saturated heterocycles. The average molecular weight is 365 g/mol. The van der Waals surface area contributed by atoms with Crippen LogP contribution >= 0.6 is 15.9 Å². The molecule has 1 fully saturated rings. The number of hydrogen-bond donors (Lipinski definition) is 3. The van der Waals surface area contributed by atoms with Gasteiger partial charge in [-0.25, -0.2) is 18.4 Å². The summed E-state index contributed by atoms with van der Waals surface area (Å²) in [6, 6.07) is -0.293. The number of halogens is 3. The molecule has 1 aromatic rings. The number of carboxylic acid groups (broad SMARTS) is 1. The monoisotopic (exact) mass is 364 g/mol. The topological polar surface area (TPSA) is 89.9 Å². The summed E-state index contributed by atoms with van der Waals surface area (Å²) in [5, 5.41) is 20.4.